The van der Waals surface area contributed by atoms with Crippen LogP contribution < -0.4 is 5.73 Å². The van der Waals surface area contributed by atoms with Crippen LogP contribution in [0.2, 0.25) is 0 Å². The molecule has 2 unspecified atom stereocenters. The van der Waals surface area contributed by atoms with E-state index < -0.39 is 0 Å². The average molecular weight is 159 g/mol. The molecule has 0 aromatic rings. The van der Waals surface area contributed by atoms with Gasteiger partial charge in [-0.15, -0.1) is 0 Å². The van der Waals surface area contributed by atoms with Crippen LogP contribution in [0.1, 0.15) is 33.1 Å². The first-order valence-corrected chi connectivity index (χ1v) is 4.46. The Morgan fingerprint density at radius 1 is 1.45 bits per heavy atom. The standard InChI is InChI=1S/C9H21NO/c1-4-8(2)9(10)6-5-7-11-3/h8-9H,4-7,10H2,1-3H3. The zero-order valence-electron chi connectivity index (χ0n) is 7.97. The maximum atomic E-state index is 5.91. The van der Waals surface area contributed by atoms with Gasteiger partial charge in [0.2, 0.25) is 0 Å². The molecule has 0 aliphatic carbocycles. The molecule has 0 fully saturated rings. The minimum atomic E-state index is 0.357. The highest BCUT2D eigenvalue weighted by molar-refractivity contribution is 4.67. The predicted octanol–water partition coefficient (Wildman–Crippen LogP) is 1.79. The molecule has 0 aliphatic rings. The van der Waals surface area contributed by atoms with Gasteiger partial charge in [0.1, 0.15) is 0 Å². The summed E-state index contributed by atoms with van der Waals surface area (Å²) in [5.74, 6) is 0.645. The van der Waals surface area contributed by atoms with Crippen molar-refractivity contribution in [1.82, 2.24) is 0 Å². The van der Waals surface area contributed by atoms with Crippen molar-refractivity contribution in [2.45, 2.75) is 39.2 Å². The lowest BCUT2D eigenvalue weighted by Gasteiger charge is -2.17. The van der Waals surface area contributed by atoms with Gasteiger partial charge in [-0.25, -0.2) is 0 Å². The van der Waals surface area contributed by atoms with Gasteiger partial charge in [-0.3, -0.25) is 0 Å². The van der Waals surface area contributed by atoms with Gasteiger partial charge in [0.15, 0.2) is 0 Å². The summed E-state index contributed by atoms with van der Waals surface area (Å²) < 4.78 is 4.95. The highest BCUT2D eigenvalue weighted by Gasteiger charge is 2.09. The summed E-state index contributed by atoms with van der Waals surface area (Å²) in [6.45, 7) is 5.22. The zero-order chi connectivity index (χ0) is 8.69. The molecule has 11 heavy (non-hydrogen) atoms. The van der Waals surface area contributed by atoms with E-state index in [9.17, 15) is 0 Å². The van der Waals surface area contributed by atoms with Gasteiger partial charge < -0.3 is 10.5 Å². The van der Waals surface area contributed by atoms with Crippen molar-refractivity contribution in [3.63, 3.8) is 0 Å². The number of ether oxygens (including phenoxy) is 1. The largest absolute Gasteiger partial charge is 0.385 e. The monoisotopic (exact) mass is 159 g/mol. The molecule has 0 bridgehead atoms. The molecular formula is C9H21NO. The van der Waals surface area contributed by atoms with Crippen LogP contribution in [-0.2, 0) is 4.74 Å². The van der Waals surface area contributed by atoms with Crippen LogP contribution in [-0.4, -0.2) is 19.8 Å². The third kappa shape index (κ3) is 5.22. The smallest absolute Gasteiger partial charge is 0.0462 e. The molecule has 0 spiro atoms. The molecule has 0 rings (SSSR count). The molecule has 0 saturated heterocycles. The topological polar surface area (TPSA) is 35.2 Å². The number of hydrogen-bond acceptors (Lipinski definition) is 2. The van der Waals surface area contributed by atoms with Crippen LogP contribution in [0.3, 0.4) is 0 Å². The summed E-state index contributed by atoms with van der Waals surface area (Å²) in [6.07, 6.45) is 3.35. The summed E-state index contributed by atoms with van der Waals surface area (Å²) in [4.78, 5) is 0. The molecule has 0 radical (unpaired) electrons. The van der Waals surface area contributed by atoms with Crippen LogP contribution >= 0.6 is 0 Å². The SMILES string of the molecule is CCC(C)C(N)CCCOC. The molecule has 2 heteroatoms. The molecule has 0 aliphatic heterocycles. The van der Waals surface area contributed by atoms with E-state index in [2.05, 4.69) is 13.8 Å². The summed E-state index contributed by atoms with van der Waals surface area (Å²) in [5.41, 5.74) is 5.91. The first kappa shape index (κ1) is 10.9. The summed E-state index contributed by atoms with van der Waals surface area (Å²) in [6, 6.07) is 0.357. The minimum absolute atomic E-state index is 0.357. The second kappa shape index (κ2) is 6.62. The Balaban J connectivity index is 3.28. The van der Waals surface area contributed by atoms with E-state index in [-0.39, 0.29) is 0 Å². The second-order valence-corrected chi connectivity index (χ2v) is 3.18. The Morgan fingerprint density at radius 3 is 2.55 bits per heavy atom. The van der Waals surface area contributed by atoms with Crippen LogP contribution in [0, 0.1) is 5.92 Å². The lowest BCUT2D eigenvalue weighted by Crippen LogP contribution is -2.27. The quantitative estimate of drug-likeness (QED) is 0.600. The average Bonchev–Trinajstić information content (AvgIpc) is 2.03. The normalized spacial score (nSPS) is 16.4. The van der Waals surface area contributed by atoms with Gasteiger partial charge in [-0.1, -0.05) is 20.3 Å². The Hall–Kier alpha value is -0.0800. The Labute approximate surface area is 70.1 Å². The molecule has 0 heterocycles. The maximum Gasteiger partial charge on any atom is 0.0462 e. The van der Waals surface area contributed by atoms with Crippen LogP contribution in [0.4, 0.5) is 0 Å². The number of methoxy groups -OCH3 is 1. The molecule has 2 N–H and O–H groups in total. The van der Waals surface area contributed by atoms with Gasteiger partial charge in [0, 0.05) is 19.8 Å². The molecular weight excluding hydrogens is 138 g/mol. The molecule has 0 saturated carbocycles. The Bertz CT molecular complexity index is 85.6. The van der Waals surface area contributed by atoms with E-state index in [1.54, 1.807) is 7.11 Å². The minimum Gasteiger partial charge on any atom is -0.385 e. The first-order valence-electron chi connectivity index (χ1n) is 4.46. The third-order valence-electron chi connectivity index (χ3n) is 2.26. The van der Waals surface area contributed by atoms with E-state index in [0.29, 0.717) is 12.0 Å². The van der Waals surface area contributed by atoms with Crippen LogP contribution in [0.25, 0.3) is 0 Å². The molecule has 2 nitrogen and oxygen atoms in total. The first-order chi connectivity index (χ1) is 5.22. The molecule has 0 aromatic carbocycles. The molecule has 0 amide bonds. The molecule has 2 atom stereocenters. The second-order valence-electron chi connectivity index (χ2n) is 3.18. The zero-order valence-corrected chi connectivity index (χ0v) is 7.97. The van der Waals surface area contributed by atoms with E-state index in [4.69, 9.17) is 10.5 Å². The predicted molar refractivity (Wildman–Crippen MR) is 48.5 cm³/mol. The Morgan fingerprint density at radius 2 is 2.09 bits per heavy atom. The van der Waals surface area contributed by atoms with Crippen molar-refractivity contribution in [2.24, 2.45) is 11.7 Å². The van der Waals surface area contributed by atoms with Gasteiger partial charge >= 0.3 is 0 Å². The fraction of sp³-hybridized carbons (Fsp3) is 1.00. The van der Waals surface area contributed by atoms with Crippen molar-refractivity contribution in [3.8, 4) is 0 Å². The van der Waals surface area contributed by atoms with Crippen LogP contribution in [0.15, 0.2) is 0 Å². The fourth-order valence-electron chi connectivity index (χ4n) is 1.05. The summed E-state index contributed by atoms with van der Waals surface area (Å²) in [5, 5.41) is 0. The van der Waals surface area contributed by atoms with Crippen molar-refractivity contribution >= 4 is 0 Å². The third-order valence-corrected chi connectivity index (χ3v) is 2.26. The van der Waals surface area contributed by atoms with E-state index in [1.165, 1.54) is 6.42 Å². The van der Waals surface area contributed by atoms with Crippen molar-refractivity contribution in [3.05, 3.63) is 0 Å². The maximum absolute atomic E-state index is 5.91. The van der Waals surface area contributed by atoms with Crippen LogP contribution in [0.5, 0.6) is 0 Å². The van der Waals surface area contributed by atoms with Crippen molar-refractivity contribution in [1.29, 1.82) is 0 Å². The highest BCUT2D eigenvalue weighted by Crippen LogP contribution is 2.09. The fourth-order valence-corrected chi connectivity index (χ4v) is 1.05. The van der Waals surface area contributed by atoms with Gasteiger partial charge in [-0.05, 0) is 18.8 Å². The van der Waals surface area contributed by atoms with Gasteiger partial charge in [-0.2, -0.15) is 0 Å². The van der Waals surface area contributed by atoms with Gasteiger partial charge in [0.25, 0.3) is 0 Å². The number of nitrogens with two attached hydrogens (primary N) is 1. The number of rotatable bonds is 6. The van der Waals surface area contributed by atoms with Crippen molar-refractivity contribution in [2.75, 3.05) is 13.7 Å². The lowest BCUT2D eigenvalue weighted by molar-refractivity contribution is 0.187. The van der Waals surface area contributed by atoms with Crippen molar-refractivity contribution < 1.29 is 4.74 Å². The summed E-state index contributed by atoms with van der Waals surface area (Å²) >= 11 is 0. The highest BCUT2D eigenvalue weighted by atomic mass is 16.5. The Kier molecular flexibility index (Phi) is 6.57. The van der Waals surface area contributed by atoms with E-state index >= 15 is 0 Å². The summed E-state index contributed by atoms with van der Waals surface area (Å²) in [7, 11) is 1.73. The lowest BCUT2D eigenvalue weighted by atomic mass is 9.96. The molecule has 0 aromatic heterocycles. The molecule has 68 valence electrons. The van der Waals surface area contributed by atoms with E-state index in [0.717, 1.165) is 19.4 Å². The number of hydrogen-bond donors (Lipinski definition) is 1. The van der Waals surface area contributed by atoms with Gasteiger partial charge in [0.05, 0.1) is 0 Å². The van der Waals surface area contributed by atoms with E-state index in [1.807, 2.05) is 0 Å².